The summed E-state index contributed by atoms with van der Waals surface area (Å²) in [5, 5.41) is 8.37. The minimum absolute atomic E-state index is 0.0441. The second kappa shape index (κ2) is 4.32. The molecule has 0 amide bonds. The molecule has 1 heterocycles. The van der Waals surface area contributed by atoms with E-state index in [1.807, 2.05) is 0 Å². The lowest BCUT2D eigenvalue weighted by molar-refractivity contribution is 0.360. The van der Waals surface area contributed by atoms with Crippen molar-refractivity contribution in [2.45, 2.75) is 5.16 Å². The first kappa shape index (κ1) is 12.2. The molecule has 7 nitrogen and oxygen atoms in total. The van der Waals surface area contributed by atoms with Gasteiger partial charge in [0.15, 0.2) is 5.56 Å². The van der Waals surface area contributed by atoms with E-state index >= 15 is 0 Å². The van der Waals surface area contributed by atoms with E-state index in [0.29, 0.717) is 0 Å². The Morgan fingerprint density at radius 2 is 1.62 bits per heavy atom. The van der Waals surface area contributed by atoms with Crippen molar-refractivity contribution in [2.24, 2.45) is 0 Å². The topological polar surface area (TPSA) is 102 Å². The second-order valence-corrected chi connectivity index (χ2v) is 4.69. The summed E-state index contributed by atoms with van der Waals surface area (Å²) in [6.07, 6.45) is 0.952. The Morgan fingerprint density at radius 1 is 1.19 bits per heavy atom. The van der Waals surface area contributed by atoms with E-state index in [-0.39, 0.29) is 17.3 Å². The third-order valence-electron chi connectivity index (χ3n) is 1.65. The van der Waals surface area contributed by atoms with Crippen LogP contribution in [0, 0.1) is 11.3 Å². The molecule has 0 saturated carbocycles. The Hall–Kier alpha value is -1.88. The summed E-state index contributed by atoms with van der Waals surface area (Å²) in [6.45, 7) is 0. The Kier molecular flexibility index (Phi) is 3.29. The van der Waals surface area contributed by atoms with Crippen LogP contribution >= 0.6 is 0 Å². The molecule has 86 valence electrons. The van der Waals surface area contributed by atoms with Gasteiger partial charge in [0, 0.05) is 6.26 Å². The van der Waals surface area contributed by atoms with Gasteiger partial charge in [0.25, 0.3) is 5.16 Å². The van der Waals surface area contributed by atoms with E-state index in [1.54, 1.807) is 6.07 Å². The van der Waals surface area contributed by atoms with E-state index in [4.69, 9.17) is 14.7 Å². The molecule has 0 atom stereocenters. The van der Waals surface area contributed by atoms with Crippen molar-refractivity contribution in [2.75, 3.05) is 20.5 Å². The number of sulfone groups is 1. The highest BCUT2D eigenvalue weighted by Crippen LogP contribution is 2.24. The molecule has 16 heavy (non-hydrogen) atoms. The zero-order valence-corrected chi connectivity index (χ0v) is 9.70. The van der Waals surface area contributed by atoms with Gasteiger partial charge in [-0.1, -0.05) is 0 Å². The summed E-state index contributed by atoms with van der Waals surface area (Å²) >= 11 is 0. The summed E-state index contributed by atoms with van der Waals surface area (Å²) < 4.78 is 32.1. The van der Waals surface area contributed by atoms with Gasteiger partial charge in [-0.3, -0.25) is 0 Å². The fourth-order valence-electron chi connectivity index (χ4n) is 0.959. The van der Waals surface area contributed by atoms with Gasteiger partial charge in [-0.25, -0.2) is 8.42 Å². The second-order valence-electron chi connectivity index (χ2n) is 2.78. The van der Waals surface area contributed by atoms with Crippen LogP contribution in [0.25, 0.3) is 0 Å². The zero-order chi connectivity index (χ0) is 12.3. The summed E-state index contributed by atoms with van der Waals surface area (Å²) in [7, 11) is -1.04. The highest BCUT2D eigenvalue weighted by molar-refractivity contribution is 7.90. The molecule has 0 aliphatic rings. The molecule has 0 aliphatic heterocycles. The lowest BCUT2D eigenvalue weighted by Crippen LogP contribution is -2.08. The highest BCUT2D eigenvalue weighted by Gasteiger charge is 2.20. The lowest BCUT2D eigenvalue weighted by Gasteiger charge is -2.07. The van der Waals surface area contributed by atoms with E-state index in [1.165, 1.54) is 14.2 Å². The molecule has 0 bridgehead atoms. The highest BCUT2D eigenvalue weighted by atomic mass is 32.2. The van der Waals surface area contributed by atoms with Crippen LogP contribution in [0.15, 0.2) is 5.16 Å². The molecule has 0 radical (unpaired) electrons. The predicted octanol–water partition coefficient (Wildman–Crippen LogP) is -0.231. The number of ether oxygens (including phenoxy) is 2. The molecule has 1 rings (SSSR count). The number of methoxy groups -OCH3 is 2. The Labute approximate surface area is 92.6 Å². The minimum atomic E-state index is -3.58. The summed E-state index contributed by atoms with van der Waals surface area (Å²) in [6, 6.07) is 1.77. The molecule has 0 N–H and O–H groups in total. The van der Waals surface area contributed by atoms with Gasteiger partial charge in [-0.2, -0.15) is 15.2 Å². The van der Waals surface area contributed by atoms with Crippen LogP contribution in [0.5, 0.6) is 11.8 Å². The minimum Gasteiger partial charge on any atom is -0.480 e. The average Bonchev–Trinajstić information content (AvgIpc) is 2.25. The van der Waals surface area contributed by atoms with E-state index < -0.39 is 15.0 Å². The van der Waals surface area contributed by atoms with Crippen molar-refractivity contribution in [1.82, 2.24) is 9.97 Å². The van der Waals surface area contributed by atoms with Crippen LogP contribution in [0.3, 0.4) is 0 Å². The fourth-order valence-corrected chi connectivity index (χ4v) is 1.46. The molecule has 8 heteroatoms. The van der Waals surface area contributed by atoms with Crippen molar-refractivity contribution < 1.29 is 17.9 Å². The Morgan fingerprint density at radius 3 is 1.88 bits per heavy atom. The number of hydrogen-bond acceptors (Lipinski definition) is 7. The van der Waals surface area contributed by atoms with E-state index in [0.717, 1.165) is 6.26 Å². The summed E-state index contributed by atoms with van der Waals surface area (Å²) in [5.74, 6) is -0.260. The van der Waals surface area contributed by atoms with Gasteiger partial charge in [0.1, 0.15) is 6.07 Å². The molecule has 0 aromatic carbocycles. The predicted molar refractivity (Wildman–Crippen MR) is 53.0 cm³/mol. The van der Waals surface area contributed by atoms with Crippen LogP contribution in [0.2, 0.25) is 0 Å². The van der Waals surface area contributed by atoms with Crippen molar-refractivity contribution >= 4 is 9.84 Å². The van der Waals surface area contributed by atoms with Crippen LogP contribution in [0.1, 0.15) is 5.56 Å². The third-order valence-corrected chi connectivity index (χ3v) is 2.50. The van der Waals surface area contributed by atoms with Gasteiger partial charge in [-0.15, -0.1) is 0 Å². The molecule has 1 aromatic rings. The van der Waals surface area contributed by atoms with Gasteiger partial charge in [-0.05, 0) is 0 Å². The largest absolute Gasteiger partial charge is 0.480 e. The first-order valence-electron chi connectivity index (χ1n) is 4.04. The number of nitrogens with zero attached hydrogens (tertiary/aromatic N) is 3. The molecule has 0 spiro atoms. The Bertz CT molecular complexity index is 522. The maximum atomic E-state index is 11.2. The van der Waals surface area contributed by atoms with E-state index in [9.17, 15) is 8.42 Å². The number of rotatable bonds is 3. The van der Waals surface area contributed by atoms with Crippen LogP contribution < -0.4 is 9.47 Å². The molecule has 0 fully saturated rings. The van der Waals surface area contributed by atoms with Crippen molar-refractivity contribution in [3.8, 4) is 17.8 Å². The normalized spacial score (nSPS) is 10.6. The standard InChI is InChI=1S/C8H9N3O4S/c1-14-6-5(4-9)7(15-2)11-8(10-6)16(3,12)13/h1-3H3. The first-order valence-corrected chi connectivity index (χ1v) is 5.93. The van der Waals surface area contributed by atoms with Gasteiger partial charge >= 0.3 is 0 Å². The molecule has 0 aliphatic carbocycles. The van der Waals surface area contributed by atoms with Crippen LogP contribution in [0.4, 0.5) is 0 Å². The smallest absolute Gasteiger partial charge is 0.253 e. The average molecular weight is 243 g/mol. The van der Waals surface area contributed by atoms with Gasteiger partial charge in [0.05, 0.1) is 14.2 Å². The SMILES string of the molecule is COc1nc(S(C)(=O)=O)nc(OC)c1C#N. The van der Waals surface area contributed by atoms with Gasteiger partial charge in [0.2, 0.25) is 21.6 Å². The van der Waals surface area contributed by atoms with E-state index in [2.05, 4.69) is 9.97 Å². The van der Waals surface area contributed by atoms with Crippen LogP contribution in [-0.4, -0.2) is 38.9 Å². The number of aromatic nitrogens is 2. The maximum Gasteiger partial charge on any atom is 0.253 e. The van der Waals surface area contributed by atoms with Gasteiger partial charge < -0.3 is 9.47 Å². The third kappa shape index (κ3) is 2.20. The molecule has 1 aromatic heterocycles. The maximum absolute atomic E-state index is 11.2. The Balaban J connectivity index is 3.58. The fraction of sp³-hybridized carbons (Fsp3) is 0.375. The lowest BCUT2D eigenvalue weighted by atomic mass is 10.3. The van der Waals surface area contributed by atoms with Crippen molar-refractivity contribution in [3.05, 3.63) is 5.56 Å². The summed E-state index contributed by atoms with van der Waals surface area (Å²) in [5.41, 5.74) is -0.0441. The molecular formula is C8H9N3O4S. The summed E-state index contributed by atoms with van der Waals surface area (Å²) in [4.78, 5) is 7.24. The van der Waals surface area contributed by atoms with Crippen LogP contribution in [-0.2, 0) is 9.84 Å². The molecule has 0 unspecified atom stereocenters. The molecular weight excluding hydrogens is 234 g/mol. The zero-order valence-electron chi connectivity index (χ0n) is 8.88. The number of nitriles is 1. The number of hydrogen-bond donors (Lipinski definition) is 0. The van der Waals surface area contributed by atoms with Crippen molar-refractivity contribution in [1.29, 1.82) is 5.26 Å². The monoisotopic (exact) mass is 243 g/mol. The van der Waals surface area contributed by atoms with Crippen molar-refractivity contribution in [3.63, 3.8) is 0 Å². The molecule has 0 saturated heterocycles. The quantitative estimate of drug-likeness (QED) is 0.675. The first-order chi connectivity index (χ1) is 7.43.